The molecule has 1 aliphatic rings. The van der Waals surface area contributed by atoms with E-state index >= 15 is 0 Å². The lowest BCUT2D eigenvalue weighted by molar-refractivity contribution is -0.122. The molecule has 1 aliphatic heterocycles. The van der Waals surface area contributed by atoms with Gasteiger partial charge in [-0.25, -0.2) is 9.79 Å². The van der Waals surface area contributed by atoms with Crippen LogP contribution in [0.15, 0.2) is 29.3 Å². The predicted molar refractivity (Wildman–Crippen MR) is 81.4 cm³/mol. The highest BCUT2D eigenvalue weighted by atomic mass is 16.2. The number of imide groups is 1. The molecule has 0 saturated carbocycles. The topological polar surface area (TPSA) is 103 Å². The van der Waals surface area contributed by atoms with Crippen molar-refractivity contribution in [2.24, 2.45) is 10.7 Å². The zero-order chi connectivity index (χ0) is 16.3. The molecule has 1 aromatic carbocycles. The Hall–Kier alpha value is -2.72. The number of urea groups is 1. The fourth-order valence-electron chi connectivity index (χ4n) is 2.18. The van der Waals surface area contributed by atoms with Crippen molar-refractivity contribution in [3.8, 4) is 6.07 Å². The molecule has 0 aliphatic carbocycles. The van der Waals surface area contributed by atoms with Crippen LogP contribution in [0.3, 0.4) is 0 Å². The van der Waals surface area contributed by atoms with E-state index in [1.807, 2.05) is 13.0 Å². The monoisotopic (exact) mass is 299 g/mol. The highest BCUT2D eigenvalue weighted by molar-refractivity contribution is 6.44. The molecular weight excluding hydrogens is 282 g/mol. The van der Waals surface area contributed by atoms with Gasteiger partial charge >= 0.3 is 6.03 Å². The Bertz CT molecular complexity index is 660. The average Bonchev–Trinajstić information content (AvgIpc) is 2.54. The van der Waals surface area contributed by atoms with Crippen molar-refractivity contribution in [2.45, 2.75) is 19.5 Å². The highest BCUT2D eigenvalue weighted by Crippen LogP contribution is 2.18. The van der Waals surface area contributed by atoms with Crippen LogP contribution in [0.1, 0.15) is 18.9 Å². The van der Waals surface area contributed by atoms with Gasteiger partial charge in [0.1, 0.15) is 11.9 Å². The molecule has 22 heavy (non-hydrogen) atoms. The molecule has 1 heterocycles. The molecule has 1 atom stereocenters. The Kier molecular flexibility index (Phi) is 4.53. The van der Waals surface area contributed by atoms with E-state index in [4.69, 9.17) is 11.0 Å². The molecule has 0 spiro atoms. The van der Waals surface area contributed by atoms with E-state index in [2.05, 4.69) is 4.99 Å². The molecule has 2 rings (SSSR count). The molecule has 1 unspecified atom stereocenters. The zero-order valence-corrected chi connectivity index (χ0v) is 12.5. The van der Waals surface area contributed by atoms with E-state index in [1.165, 1.54) is 11.9 Å². The number of hydrogen-bond donors (Lipinski definition) is 1. The summed E-state index contributed by atoms with van der Waals surface area (Å²) in [5.74, 6) is -0.505. The van der Waals surface area contributed by atoms with Crippen LogP contribution in [0.5, 0.6) is 0 Å². The molecule has 1 fully saturated rings. The lowest BCUT2D eigenvalue weighted by Gasteiger charge is -2.37. The van der Waals surface area contributed by atoms with Gasteiger partial charge in [0.25, 0.3) is 5.91 Å². The third-order valence-electron chi connectivity index (χ3n) is 3.38. The van der Waals surface area contributed by atoms with Gasteiger partial charge in [-0.2, -0.15) is 5.26 Å². The van der Waals surface area contributed by atoms with E-state index in [0.717, 1.165) is 11.3 Å². The molecule has 114 valence electrons. The summed E-state index contributed by atoms with van der Waals surface area (Å²) in [6.45, 7) is 2.37. The van der Waals surface area contributed by atoms with Crippen LogP contribution >= 0.6 is 0 Å². The van der Waals surface area contributed by atoms with Crippen LogP contribution in [0.2, 0.25) is 0 Å². The van der Waals surface area contributed by atoms with E-state index in [0.29, 0.717) is 17.8 Å². The second-order valence-corrected chi connectivity index (χ2v) is 4.94. The maximum absolute atomic E-state index is 12.2. The number of carbonyl (C=O) groups is 2. The van der Waals surface area contributed by atoms with Gasteiger partial charge in [0.15, 0.2) is 0 Å². The maximum Gasteiger partial charge on any atom is 0.328 e. The normalized spacial score (nSPS) is 20.5. The Morgan fingerprint density at radius 2 is 1.95 bits per heavy atom. The smallest absolute Gasteiger partial charge is 0.306 e. The molecule has 3 amide bonds. The number of aliphatic imine (C=N–C) groups is 1. The molecule has 2 N–H and O–H groups in total. The van der Waals surface area contributed by atoms with Crippen molar-refractivity contribution in [1.82, 2.24) is 9.80 Å². The molecule has 1 saturated heterocycles. The summed E-state index contributed by atoms with van der Waals surface area (Å²) in [5.41, 5.74) is 7.16. The Balaban J connectivity index is 2.37. The second kappa shape index (κ2) is 6.37. The summed E-state index contributed by atoms with van der Waals surface area (Å²) in [4.78, 5) is 31.0. The number of nitrogens with zero attached hydrogens (tertiary/aromatic N) is 4. The van der Waals surface area contributed by atoms with Crippen molar-refractivity contribution in [2.75, 3.05) is 13.6 Å². The van der Waals surface area contributed by atoms with Gasteiger partial charge < -0.3 is 10.6 Å². The van der Waals surface area contributed by atoms with Gasteiger partial charge in [-0.15, -0.1) is 0 Å². The molecule has 0 radical (unpaired) electrons. The minimum Gasteiger partial charge on any atom is -0.306 e. The lowest BCUT2D eigenvalue weighted by atomic mass is 10.1. The van der Waals surface area contributed by atoms with E-state index in [9.17, 15) is 9.59 Å². The SMILES string of the molecule is CCCN1C(=O)N(C)C(=O)/C(=N/c2ccc(C#N)cc2)C1N. The number of hydrogen-bond acceptors (Lipinski definition) is 5. The number of nitriles is 1. The number of rotatable bonds is 3. The van der Waals surface area contributed by atoms with Crippen LogP contribution in [0.25, 0.3) is 0 Å². The predicted octanol–water partition coefficient (Wildman–Crippen LogP) is 1.22. The summed E-state index contributed by atoms with van der Waals surface area (Å²) in [6.07, 6.45) is -0.141. The molecule has 0 bridgehead atoms. The summed E-state index contributed by atoms with van der Waals surface area (Å²) in [6, 6.07) is 8.07. The molecule has 0 aromatic heterocycles. The largest absolute Gasteiger partial charge is 0.328 e. The Labute approximate surface area is 128 Å². The quantitative estimate of drug-likeness (QED) is 0.906. The van der Waals surface area contributed by atoms with Gasteiger partial charge in [0, 0.05) is 13.6 Å². The van der Waals surface area contributed by atoms with Gasteiger partial charge in [0.05, 0.1) is 17.3 Å². The molecule has 7 heteroatoms. The zero-order valence-electron chi connectivity index (χ0n) is 12.5. The minimum atomic E-state index is -0.869. The third-order valence-corrected chi connectivity index (χ3v) is 3.38. The van der Waals surface area contributed by atoms with Crippen LogP contribution < -0.4 is 5.73 Å². The lowest BCUT2D eigenvalue weighted by Crippen LogP contribution is -2.64. The Morgan fingerprint density at radius 1 is 1.32 bits per heavy atom. The van der Waals surface area contributed by atoms with Gasteiger partial charge in [-0.3, -0.25) is 9.69 Å². The minimum absolute atomic E-state index is 0.111. The molecule has 7 nitrogen and oxygen atoms in total. The van der Waals surface area contributed by atoms with E-state index in [-0.39, 0.29) is 5.71 Å². The van der Waals surface area contributed by atoms with Crippen molar-refractivity contribution in [3.63, 3.8) is 0 Å². The summed E-state index contributed by atoms with van der Waals surface area (Å²) in [5, 5.41) is 8.78. The van der Waals surface area contributed by atoms with Crippen molar-refractivity contribution >= 4 is 23.3 Å². The first-order chi connectivity index (χ1) is 10.5. The highest BCUT2D eigenvalue weighted by Gasteiger charge is 2.39. The van der Waals surface area contributed by atoms with Crippen LogP contribution in [-0.2, 0) is 4.79 Å². The first kappa shape index (κ1) is 15.7. The summed E-state index contributed by atoms with van der Waals surface area (Å²) >= 11 is 0. The molecule has 1 aromatic rings. The second-order valence-electron chi connectivity index (χ2n) is 4.94. The van der Waals surface area contributed by atoms with E-state index in [1.54, 1.807) is 24.3 Å². The fraction of sp³-hybridized carbons (Fsp3) is 0.333. The summed E-state index contributed by atoms with van der Waals surface area (Å²) in [7, 11) is 1.41. The Morgan fingerprint density at radius 3 is 2.50 bits per heavy atom. The van der Waals surface area contributed by atoms with Crippen LogP contribution in [0, 0.1) is 11.3 Å². The van der Waals surface area contributed by atoms with Crippen molar-refractivity contribution < 1.29 is 9.59 Å². The first-order valence-electron chi connectivity index (χ1n) is 6.92. The van der Waals surface area contributed by atoms with Crippen LogP contribution in [0.4, 0.5) is 10.5 Å². The maximum atomic E-state index is 12.2. The molecular formula is C15H17N5O2. The standard InChI is InChI=1S/C15H17N5O2/c1-3-8-20-13(17)12(14(21)19(2)15(20)22)18-11-6-4-10(9-16)5-7-11/h4-7,13H,3,8,17H2,1-2H3/b18-12+. The average molecular weight is 299 g/mol. The van der Waals surface area contributed by atoms with Gasteiger partial charge in [-0.05, 0) is 30.7 Å². The number of nitrogens with two attached hydrogens (primary N) is 1. The summed E-state index contributed by atoms with van der Waals surface area (Å²) < 4.78 is 0. The van der Waals surface area contributed by atoms with Gasteiger partial charge in [-0.1, -0.05) is 6.92 Å². The number of carbonyl (C=O) groups excluding carboxylic acids is 2. The van der Waals surface area contributed by atoms with E-state index < -0.39 is 18.1 Å². The first-order valence-corrected chi connectivity index (χ1v) is 6.92. The van der Waals surface area contributed by atoms with Crippen molar-refractivity contribution in [1.29, 1.82) is 5.26 Å². The van der Waals surface area contributed by atoms with Crippen molar-refractivity contribution in [3.05, 3.63) is 29.8 Å². The van der Waals surface area contributed by atoms with Gasteiger partial charge in [0.2, 0.25) is 0 Å². The number of benzene rings is 1. The van der Waals surface area contributed by atoms with Crippen LogP contribution in [-0.4, -0.2) is 47.2 Å². The number of amides is 3. The third kappa shape index (κ3) is 2.82. The fourth-order valence-corrected chi connectivity index (χ4v) is 2.18.